The number of nitriles is 1. The number of hydrogen-bond donors (Lipinski definition) is 0. The maximum absolute atomic E-state index is 9.35. The Bertz CT molecular complexity index is 229. The standard InChI is InChI=1S/C13H23NS/c1-4-15-10-9-13(11-14)7-5-12(2,3)6-8-13/h4-10H2,1-3H3. The zero-order valence-corrected chi connectivity index (χ0v) is 11.1. The van der Waals surface area contributed by atoms with Crippen molar-refractivity contribution < 1.29 is 0 Å². The molecule has 1 rings (SSSR count). The Morgan fingerprint density at radius 3 is 2.27 bits per heavy atom. The molecule has 1 aliphatic carbocycles. The lowest BCUT2D eigenvalue weighted by molar-refractivity contribution is 0.143. The third-order valence-corrected chi connectivity index (χ3v) is 4.63. The van der Waals surface area contributed by atoms with Crippen molar-refractivity contribution >= 4 is 11.8 Å². The van der Waals surface area contributed by atoms with Crippen molar-refractivity contribution in [1.29, 1.82) is 5.26 Å². The van der Waals surface area contributed by atoms with Gasteiger partial charge >= 0.3 is 0 Å². The normalized spacial score (nSPS) is 23.3. The smallest absolute Gasteiger partial charge is 0.0690 e. The molecule has 1 saturated carbocycles. The topological polar surface area (TPSA) is 23.8 Å². The largest absolute Gasteiger partial charge is 0.198 e. The van der Waals surface area contributed by atoms with Crippen LogP contribution in [-0.2, 0) is 0 Å². The van der Waals surface area contributed by atoms with E-state index in [-0.39, 0.29) is 5.41 Å². The molecular formula is C13H23NS. The molecule has 0 saturated heterocycles. The summed E-state index contributed by atoms with van der Waals surface area (Å²) in [4.78, 5) is 0. The second-order valence-electron chi connectivity index (χ2n) is 5.50. The number of rotatable bonds is 4. The molecule has 0 spiro atoms. The van der Waals surface area contributed by atoms with E-state index in [0.29, 0.717) is 5.41 Å². The molecule has 0 bridgehead atoms. The molecule has 15 heavy (non-hydrogen) atoms. The maximum atomic E-state index is 9.35. The first-order chi connectivity index (χ1) is 7.04. The molecular weight excluding hydrogens is 202 g/mol. The van der Waals surface area contributed by atoms with Gasteiger partial charge < -0.3 is 0 Å². The van der Waals surface area contributed by atoms with Gasteiger partial charge in [0.05, 0.1) is 11.5 Å². The van der Waals surface area contributed by atoms with Crippen LogP contribution in [0.1, 0.15) is 52.9 Å². The Morgan fingerprint density at radius 1 is 1.20 bits per heavy atom. The van der Waals surface area contributed by atoms with E-state index in [0.717, 1.165) is 25.0 Å². The van der Waals surface area contributed by atoms with E-state index in [1.54, 1.807) is 0 Å². The Morgan fingerprint density at radius 2 is 1.80 bits per heavy atom. The fraction of sp³-hybridized carbons (Fsp3) is 0.923. The second kappa shape index (κ2) is 5.25. The molecule has 0 atom stereocenters. The van der Waals surface area contributed by atoms with Crippen molar-refractivity contribution in [3.05, 3.63) is 0 Å². The van der Waals surface area contributed by atoms with Crippen molar-refractivity contribution in [2.75, 3.05) is 11.5 Å². The fourth-order valence-corrected chi connectivity index (χ4v) is 3.06. The molecule has 86 valence electrons. The molecule has 0 aromatic rings. The van der Waals surface area contributed by atoms with E-state index in [4.69, 9.17) is 0 Å². The average molecular weight is 225 g/mol. The number of nitrogens with zero attached hydrogens (tertiary/aromatic N) is 1. The Balaban J connectivity index is 2.46. The van der Waals surface area contributed by atoms with E-state index in [2.05, 4.69) is 26.8 Å². The van der Waals surface area contributed by atoms with Gasteiger partial charge in [0.2, 0.25) is 0 Å². The lowest BCUT2D eigenvalue weighted by Gasteiger charge is -2.39. The first kappa shape index (κ1) is 12.9. The van der Waals surface area contributed by atoms with Gasteiger partial charge in [-0.05, 0) is 49.0 Å². The van der Waals surface area contributed by atoms with Gasteiger partial charge in [0.1, 0.15) is 0 Å². The van der Waals surface area contributed by atoms with Gasteiger partial charge in [0.25, 0.3) is 0 Å². The molecule has 0 aromatic heterocycles. The number of thioether (sulfide) groups is 1. The van der Waals surface area contributed by atoms with Crippen molar-refractivity contribution in [3.8, 4) is 6.07 Å². The van der Waals surface area contributed by atoms with Gasteiger partial charge in [-0.15, -0.1) is 0 Å². The zero-order valence-electron chi connectivity index (χ0n) is 10.3. The van der Waals surface area contributed by atoms with Crippen LogP contribution in [0.15, 0.2) is 0 Å². The summed E-state index contributed by atoms with van der Waals surface area (Å²) in [6.07, 6.45) is 5.76. The third kappa shape index (κ3) is 3.72. The highest BCUT2D eigenvalue weighted by Crippen LogP contribution is 2.46. The Labute approximate surface area is 98.6 Å². The minimum Gasteiger partial charge on any atom is -0.198 e. The van der Waals surface area contributed by atoms with Crippen LogP contribution in [0.2, 0.25) is 0 Å². The molecule has 1 nitrogen and oxygen atoms in total. The van der Waals surface area contributed by atoms with E-state index in [1.165, 1.54) is 18.6 Å². The van der Waals surface area contributed by atoms with Crippen LogP contribution in [0.4, 0.5) is 0 Å². The van der Waals surface area contributed by atoms with Crippen molar-refractivity contribution in [3.63, 3.8) is 0 Å². The lowest BCUT2D eigenvalue weighted by Crippen LogP contribution is -2.30. The van der Waals surface area contributed by atoms with Crippen LogP contribution < -0.4 is 0 Å². The van der Waals surface area contributed by atoms with Crippen molar-refractivity contribution in [1.82, 2.24) is 0 Å². The molecule has 0 heterocycles. The molecule has 0 aliphatic heterocycles. The molecule has 1 aliphatic rings. The highest BCUT2D eigenvalue weighted by atomic mass is 32.2. The van der Waals surface area contributed by atoms with Crippen molar-refractivity contribution in [2.45, 2.75) is 52.9 Å². The van der Waals surface area contributed by atoms with Gasteiger partial charge in [-0.25, -0.2) is 0 Å². The highest BCUT2D eigenvalue weighted by molar-refractivity contribution is 7.99. The average Bonchev–Trinajstić information content (AvgIpc) is 2.22. The monoisotopic (exact) mass is 225 g/mol. The van der Waals surface area contributed by atoms with Gasteiger partial charge in [-0.2, -0.15) is 17.0 Å². The van der Waals surface area contributed by atoms with E-state index < -0.39 is 0 Å². The first-order valence-electron chi connectivity index (χ1n) is 6.03. The molecule has 0 unspecified atom stereocenters. The Kier molecular flexibility index (Phi) is 4.52. The summed E-state index contributed by atoms with van der Waals surface area (Å²) in [5.74, 6) is 2.33. The minimum atomic E-state index is 0.0116. The van der Waals surface area contributed by atoms with Gasteiger partial charge in [0.15, 0.2) is 0 Å². The summed E-state index contributed by atoms with van der Waals surface area (Å²) >= 11 is 1.96. The predicted octanol–water partition coefficient (Wildman–Crippen LogP) is 4.24. The minimum absolute atomic E-state index is 0.0116. The molecule has 1 fully saturated rings. The summed E-state index contributed by atoms with van der Waals surface area (Å²) in [6.45, 7) is 6.85. The van der Waals surface area contributed by atoms with Crippen LogP contribution in [0.25, 0.3) is 0 Å². The number of hydrogen-bond acceptors (Lipinski definition) is 2. The van der Waals surface area contributed by atoms with Crippen LogP contribution in [-0.4, -0.2) is 11.5 Å². The molecule has 0 radical (unpaired) electrons. The summed E-state index contributed by atoms with van der Waals surface area (Å²) in [7, 11) is 0. The third-order valence-electron chi connectivity index (χ3n) is 3.73. The van der Waals surface area contributed by atoms with Gasteiger partial charge in [0, 0.05) is 0 Å². The van der Waals surface area contributed by atoms with Crippen LogP contribution in [0.3, 0.4) is 0 Å². The van der Waals surface area contributed by atoms with Gasteiger partial charge in [-0.1, -0.05) is 20.8 Å². The summed E-state index contributed by atoms with van der Waals surface area (Å²) in [6, 6.07) is 2.60. The molecule has 0 N–H and O–H groups in total. The van der Waals surface area contributed by atoms with E-state index >= 15 is 0 Å². The van der Waals surface area contributed by atoms with Crippen LogP contribution >= 0.6 is 11.8 Å². The first-order valence-corrected chi connectivity index (χ1v) is 7.18. The van der Waals surface area contributed by atoms with Gasteiger partial charge in [-0.3, -0.25) is 0 Å². The molecule has 0 amide bonds. The maximum Gasteiger partial charge on any atom is 0.0690 e. The quantitative estimate of drug-likeness (QED) is 0.668. The highest BCUT2D eigenvalue weighted by Gasteiger charge is 2.37. The van der Waals surface area contributed by atoms with E-state index in [1.807, 2.05) is 11.8 Å². The predicted molar refractivity (Wildman–Crippen MR) is 67.9 cm³/mol. The zero-order chi connectivity index (χ0) is 11.4. The Hall–Kier alpha value is -0.160. The molecule has 0 aromatic carbocycles. The van der Waals surface area contributed by atoms with Crippen molar-refractivity contribution in [2.24, 2.45) is 10.8 Å². The van der Waals surface area contributed by atoms with Crippen LogP contribution in [0, 0.1) is 22.2 Å². The fourth-order valence-electron chi connectivity index (χ4n) is 2.23. The SMILES string of the molecule is CCSCCC1(C#N)CCC(C)(C)CC1. The lowest BCUT2D eigenvalue weighted by atomic mass is 9.65. The summed E-state index contributed by atoms with van der Waals surface area (Å²) in [5, 5.41) is 9.35. The second-order valence-corrected chi connectivity index (χ2v) is 6.90. The summed E-state index contributed by atoms with van der Waals surface area (Å²) < 4.78 is 0. The van der Waals surface area contributed by atoms with Crippen LogP contribution in [0.5, 0.6) is 0 Å². The molecule has 2 heteroatoms. The summed E-state index contributed by atoms with van der Waals surface area (Å²) in [5.41, 5.74) is 0.482. The van der Waals surface area contributed by atoms with E-state index in [9.17, 15) is 5.26 Å².